The van der Waals surface area contributed by atoms with Crippen molar-refractivity contribution in [1.82, 2.24) is 0 Å². The molecule has 0 aliphatic heterocycles. The Bertz CT molecular complexity index is 759. The van der Waals surface area contributed by atoms with Gasteiger partial charge in [0.25, 0.3) is 0 Å². The summed E-state index contributed by atoms with van der Waals surface area (Å²) >= 11 is 5.82. The Balaban J connectivity index is 2.67. The highest BCUT2D eigenvalue weighted by molar-refractivity contribution is 7.99. The second-order valence-electron chi connectivity index (χ2n) is 6.28. The zero-order valence-corrected chi connectivity index (χ0v) is 18.4. The molecule has 6 nitrogen and oxygen atoms in total. The molecule has 0 aliphatic rings. The van der Waals surface area contributed by atoms with Gasteiger partial charge in [0.15, 0.2) is 0 Å². The van der Waals surface area contributed by atoms with E-state index in [1.165, 1.54) is 19.1 Å². The lowest BCUT2D eigenvalue weighted by Gasteiger charge is -2.16. The molecule has 0 radical (unpaired) electrons. The number of thiol groups is 1. The van der Waals surface area contributed by atoms with Gasteiger partial charge in [-0.25, -0.2) is 14.4 Å². The third kappa shape index (κ3) is 9.23. The summed E-state index contributed by atoms with van der Waals surface area (Å²) in [6, 6.07) is 6.22. The molecule has 0 saturated carbocycles. The van der Waals surface area contributed by atoms with E-state index in [0.29, 0.717) is 11.5 Å². The third-order valence-electron chi connectivity index (χ3n) is 3.39. The number of ether oxygens (including phenoxy) is 3. The molecule has 8 heteroatoms. The van der Waals surface area contributed by atoms with Crippen molar-refractivity contribution in [3.63, 3.8) is 0 Å². The van der Waals surface area contributed by atoms with E-state index in [1.54, 1.807) is 23.9 Å². The van der Waals surface area contributed by atoms with Crippen LogP contribution in [0.15, 0.2) is 48.6 Å². The second-order valence-corrected chi connectivity index (χ2v) is 7.68. The molecule has 0 amide bonds. The van der Waals surface area contributed by atoms with E-state index in [0.717, 1.165) is 11.3 Å². The van der Waals surface area contributed by atoms with Gasteiger partial charge in [-0.05, 0) is 26.0 Å². The van der Waals surface area contributed by atoms with Crippen LogP contribution in [-0.4, -0.2) is 54.5 Å². The van der Waals surface area contributed by atoms with Crippen molar-refractivity contribution in [3.8, 4) is 0 Å². The van der Waals surface area contributed by atoms with Gasteiger partial charge in [-0.15, -0.1) is 0 Å². The Morgan fingerprint density at radius 2 is 1.62 bits per heavy atom. The molecule has 1 unspecified atom stereocenters. The molecule has 0 aromatic heterocycles. The van der Waals surface area contributed by atoms with Gasteiger partial charge in [-0.2, -0.15) is 24.4 Å². The summed E-state index contributed by atoms with van der Waals surface area (Å²) in [7, 11) is 0. The highest BCUT2D eigenvalue weighted by atomic mass is 32.2. The second kappa shape index (κ2) is 13.1. The van der Waals surface area contributed by atoms with Crippen LogP contribution in [0.4, 0.5) is 0 Å². The van der Waals surface area contributed by atoms with Gasteiger partial charge < -0.3 is 14.2 Å². The third-order valence-corrected chi connectivity index (χ3v) is 5.11. The SMILES string of the molecule is C=C(C)CSCC(CS)OC(=O)c1ccccc1C(=O)OCCOC(=O)C(=C)C. The molecule has 158 valence electrons. The smallest absolute Gasteiger partial charge is 0.339 e. The van der Waals surface area contributed by atoms with E-state index in [-0.39, 0.29) is 29.9 Å². The van der Waals surface area contributed by atoms with Crippen LogP contribution in [0.3, 0.4) is 0 Å². The Morgan fingerprint density at radius 3 is 2.17 bits per heavy atom. The molecular weight excluding hydrogens is 412 g/mol. The fourth-order valence-corrected chi connectivity index (χ4v) is 3.31. The lowest BCUT2D eigenvalue weighted by molar-refractivity contribution is -0.140. The van der Waals surface area contributed by atoms with Gasteiger partial charge in [0, 0.05) is 22.8 Å². The number of benzene rings is 1. The van der Waals surface area contributed by atoms with E-state index >= 15 is 0 Å². The van der Waals surface area contributed by atoms with Gasteiger partial charge >= 0.3 is 17.9 Å². The zero-order valence-electron chi connectivity index (χ0n) is 16.6. The summed E-state index contributed by atoms with van der Waals surface area (Å²) in [5, 5.41) is 0. The summed E-state index contributed by atoms with van der Waals surface area (Å²) in [5.41, 5.74) is 1.47. The Hall–Kier alpha value is -2.19. The predicted molar refractivity (Wildman–Crippen MR) is 118 cm³/mol. The predicted octanol–water partition coefficient (Wildman–Crippen LogP) is 3.73. The first-order valence-corrected chi connectivity index (χ1v) is 10.7. The zero-order chi connectivity index (χ0) is 21.8. The van der Waals surface area contributed by atoms with Gasteiger partial charge in [0.05, 0.1) is 11.1 Å². The normalized spacial score (nSPS) is 11.3. The molecule has 0 spiro atoms. The maximum absolute atomic E-state index is 12.6. The summed E-state index contributed by atoms with van der Waals surface area (Å²) in [5.74, 6) is -0.198. The van der Waals surface area contributed by atoms with Crippen LogP contribution in [0.25, 0.3) is 0 Å². The van der Waals surface area contributed by atoms with Crippen LogP contribution in [0.2, 0.25) is 0 Å². The molecule has 1 rings (SSSR count). The van der Waals surface area contributed by atoms with Crippen molar-refractivity contribution in [2.45, 2.75) is 20.0 Å². The molecule has 1 aromatic carbocycles. The quantitative estimate of drug-likeness (QED) is 0.133. The minimum Gasteiger partial charge on any atom is -0.459 e. The Labute approximate surface area is 181 Å². The fourth-order valence-electron chi connectivity index (χ4n) is 2.01. The number of esters is 3. The molecule has 1 atom stereocenters. The molecule has 0 aliphatic carbocycles. The summed E-state index contributed by atoms with van der Waals surface area (Å²) in [4.78, 5) is 36.2. The van der Waals surface area contributed by atoms with Crippen LogP contribution < -0.4 is 0 Å². The van der Waals surface area contributed by atoms with E-state index in [4.69, 9.17) is 14.2 Å². The monoisotopic (exact) mass is 438 g/mol. The van der Waals surface area contributed by atoms with Crippen LogP contribution in [0.1, 0.15) is 34.6 Å². The minimum atomic E-state index is -0.706. The number of carbonyl (C=O) groups is 3. The number of hydrogen-bond donors (Lipinski definition) is 1. The van der Waals surface area contributed by atoms with Crippen molar-refractivity contribution in [1.29, 1.82) is 0 Å². The molecule has 0 heterocycles. The van der Waals surface area contributed by atoms with Crippen molar-refractivity contribution >= 4 is 42.3 Å². The molecule has 29 heavy (non-hydrogen) atoms. The lowest BCUT2D eigenvalue weighted by atomic mass is 10.1. The number of thioether (sulfide) groups is 1. The van der Waals surface area contributed by atoms with Crippen LogP contribution in [0.5, 0.6) is 0 Å². The number of hydrogen-bond acceptors (Lipinski definition) is 8. The largest absolute Gasteiger partial charge is 0.459 e. The lowest BCUT2D eigenvalue weighted by Crippen LogP contribution is -2.24. The van der Waals surface area contributed by atoms with Gasteiger partial charge in [-0.1, -0.05) is 30.9 Å². The van der Waals surface area contributed by atoms with E-state index in [1.807, 2.05) is 6.92 Å². The average molecular weight is 439 g/mol. The molecule has 1 aromatic rings. The van der Waals surface area contributed by atoms with E-state index < -0.39 is 24.0 Å². The average Bonchev–Trinajstić information content (AvgIpc) is 2.69. The first kappa shape index (κ1) is 24.8. The van der Waals surface area contributed by atoms with Crippen molar-refractivity contribution in [2.24, 2.45) is 0 Å². The number of rotatable bonds is 12. The summed E-state index contributed by atoms with van der Waals surface area (Å²) in [6.07, 6.45) is -0.402. The van der Waals surface area contributed by atoms with Crippen molar-refractivity contribution in [2.75, 3.05) is 30.5 Å². The van der Waals surface area contributed by atoms with Gasteiger partial charge in [0.1, 0.15) is 19.3 Å². The number of carbonyl (C=O) groups excluding carboxylic acids is 3. The first-order valence-electron chi connectivity index (χ1n) is 8.89. The molecular formula is C21H26O6S2. The minimum absolute atomic E-state index is 0.0798. The molecule has 0 saturated heterocycles. The van der Waals surface area contributed by atoms with Gasteiger partial charge in [-0.3, -0.25) is 0 Å². The molecule has 0 bridgehead atoms. The van der Waals surface area contributed by atoms with Gasteiger partial charge in [0.2, 0.25) is 0 Å². The Morgan fingerprint density at radius 1 is 1.03 bits per heavy atom. The fraction of sp³-hybridized carbons (Fsp3) is 0.381. The first-order chi connectivity index (χ1) is 13.8. The maximum Gasteiger partial charge on any atom is 0.339 e. The summed E-state index contributed by atoms with van der Waals surface area (Å²) in [6.45, 7) is 10.5. The highest BCUT2D eigenvalue weighted by Crippen LogP contribution is 2.16. The van der Waals surface area contributed by atoms with Crippen molar-refractivity contribution in [3.05, 3.63) is 59.7 Å². The van der Waals surface area contributed by atoms with E-state index in [2.05, 4.69) is 25.8 Å². The molecule has 0 N–H and O–H groups in total. The summed E-state index contributed by atoms with van der Waals surface area (Å²) < 4.78 is 15.4. The Kier molecular flexibility index (Phi) is 11.2. The maximum atomic E-state index is 12.6. The molecule has 0 fully saturated rings. The topological polar surface area (TPSA) is 78.9 Å². The van der Waals surface area contributed by atoms with E-state index in [9.17, 15) is 14.4 Å². The van der Waals surface area contributed by atoms with Crippen LogP contribution in [0, 0.1) is 0 Å². The van der Waals surface area contributed by atoms with Crippen LogP contribution >= 0.6 is 24.4 Å². The highest BCUT2D eigenvalue weighted by Gasteiger charge is 2.22. The standard InChI is InChI=1S/C21H26O6S2/c1-14(2)12-29-13-16(11-28)27-21(24)18-8-6-5-7-17(18)20(23)26-10-9-25-19(22)15(3)4/h5-8,16,28H,1,3,9-13H2,2,4H3. The van der Waals surface area contributed by atoms with Crippen LogP contribution in [-0.2, 0) is 19.0 Å². The van der Waals surface area contributed by atoms with Crippen molar-refractivity contribution < 1.29 is 28.6 Å².